The Labute approximate surface area is 145 Å². The van der Waals surface area contributed by atoms with Crippen LogP contribution in [-0.2, 0) is 6.54 Å². The van der Waals surface area contributed by atoms with Crippen LogP contribution in [0.5, 0.6) is 0 Å². The number of aromatic nitrogens is 1. The standard InChI is InChI=1S/C19H18FN3O2/c1-23(2)15-7-5-6-13(10-15)19(24)21-12-14-11-18(25-22-14)16-8-3-4-9-17(16)20/h3-11H,12H2,1-2H3,(H,21,24). The minimum Gasteiger partial charge on any atom is -0.378 e. The molecule has 0 saturated carbocycles. The van der Waals surface area contributed by atoms with Crippen molar-refractivity contribution in [2.24, 2.45) is 0 Å². The first-order chi connectivity index (χ1) is 12.0. The zero-order chi connectivity index (χ0) is 17.8. The van der Waals surface area contributed by atoms with Gasteiger partial charge in [0.05, 0.1) is 12.1 Å². The molecular formula is C19H18FN3O2. The molecule has 3 rings (SSSR count). The van der Waals surface area contributed by atoms with E-state index in [2.05, 4.69) is 10.5 Å². The average molecular weight is 339 g/mol. The van der Waals surface area contributed by atoms with E-state index in [1.165, 1.54) is 6.07 Å². The molecule has 0 spiro atoms. The predicted octanol–water partition coefficient (Wildman–Crippen LogP) is 3.48. The molecule has 0 aliphatic rings. The van der Waals surface area contributed by atoms with Gasteiger partial charge in [0.25, 0.3) is 5.91 Å². The highest BCUT2D eigenvalue weighted by Crippen LogP contribution is 2.23. The van der Waals surface area contributed by atoms with E-state index < -0.39 is 0 Å². The van der Waals surface area contributed by atoms with Crippen molar-refractivity contribution in [3.63, 3.8) is 0 Å². The average Bonchev–Trinajstić information content (AvgIpc) is 3.09. The summed E-state index contributed by atoms with van der Waals surface area (Å²) in [6.07, 6.45) is 0. The Morgan fingerprint density at radius 1 is 1.16 bits per heavy atom. The molecule has 0 aliphatic carbocycles. The molecule has 0 bridgehead atoms. The van der Waals surface area contributed by atoms with Crippen molar-refractivity contribution in [2.75, 3.05) is 19.0 Å². The summed E-state index contributed by atoms with van der Waals surface area (Å²) in [6, 6.07) is 15.2. The SMILES string of the molecule is CN(C)c1cccc(C(=O)NCc2cc(-c3ccccc3F)on2)c1. The highest BCUT2D eigenvalue weighted by molar-refractivity contribution is 5.95. The minimum absolute atomic E-state index is 0.197. The number of anilines is 1. The lowest BCUT2D eigenvalue weighted by Gasteiger charge is -2.13. The van der Waals surface area contributed by atoms with Gasteiger partial charge in [-0.25, -0.2) is 4.39 Å². The molecule has 0 radical (unpaired) electrons. The molecule has 0 atom stereocenters. The van der Waals surface area contributed by atoms with Crippen LogP contribution in [0.25, 0.3) is 11.3 Å². The molecule has 1 amide bonds. The number of nitrogens with one attached hydrogen (secondary N) is 1. The van der Waals surface area contributed by atoms with Crippen molar-refractivity contribution in [3.8, 4) is 11.3 Å². The van der Waals surface area contributed by atoms with Gasteiger partial charge in [-0.05, 0) is 30.3 Å². The topological polar surface area (TPSA) is 58.4 Å². The lowest BCUT2D eigenvalue weighted by atomic mass is 10.1. The van der Waals surface area contributed by atoms with Crippen LogP contribution in [0.4, 0.5) is 10.1 Å². The first-order valence-corrected chi connectivity index (χ1v) is 7.80. The monoisotopic (exact) mass is 339 g/mol. The van der Waals surface area contributed by atoms with E-state index in [-0.39, 0.29) is 18.3 Å². The maximum absolute atomic E-state index is 13.8. The van der Waals surface area contributed by atoms with Crippen LogP contribution in [0, 0.1) is 5.82 Å². The summed E-state index contributed by atoms with van der Waals surface area (Å²) in [4.78, 5) is 14.2. The summed E-state index contributed by atoms with van der Waals surface area (Å²) >= 11 is 0. The van der Waals surface area contributed by atoms with Gasteiger partial charge < -0.3 is 14.7 Å². The minimum atomic E-state index is -0.380. The van der Waals surface area contributed by atoms with Gasteiger partial charge >= 0.3 is 0 Å². The molecule has 3 aromatic rings. The maximum atomic E-state index is 13.8. The predicted molar refractivity (Wildman–Crippen MR) is 93.8 cm³/mol. The van der Waals surface area contributed by atoms with Crippen molar-refractivity contribution >= 4 is 11.6 Å². The van der Waals surface area contributed by atoms with Gasteiger partial charge in [-0.1, -0.05) is 23.4 Å². The van der Waals surface area contributed by atoms with Gasteiger partial charge in [0, 0.05) is 31.4 Å². The fourth-order valence-electron chi connectivity index (χ4n) is 2.38. The number of nitrogens with zero attached hydrogens (tertiary/aromatic N) is 2. The molecule has 0 aliphatic heterocycles. The molecule has 0 fully saturated rings. The third kappa shape index (κ3) is 3.85. The quantitative estimate of drug-likeness (QED) is 0.773. The van der Waals surface area contributed by atoms with Crippen molar-refractivity contribution in [1.82, 2.24) is 10.5 Å². The van der Waals surface area contributed by atoms with Gasteiger partial charge in [0.15, 0.2) is 5.76 Å². The van der Waals surface area contributed by atoms with E-state index in [1.54, 1.807) is 30.3 Å². The molecule has 2 aromatic carbocycles. The molecule has 0 saturated heterocycles. The van der Waals surface area contributed by atoms with E-state index in [0.29, 0.717) is 22.6 Å². The number of halogens is 1. The normalized spacial score (nSPS) is 10.5. The summed E-state index contributed by atoms with van der Waals surface area (Å²) in [5.74, 6) is -0.258. The summed E-state index contributed by atoms with van der Waals surface area (Å²) in [5, 5.41) is 6.67. The molecule has 1 heterocycles. The van der Waals surface area contributed by atoms with Crippen LogP contribution >= 0.6 is 0 Å². The van der Waals surface area contributed by atoms with Crippen LogP contribution in [0.1, 0.15) is 16.1 Å². The summed E-state index contributed by atoms with van der Waals surface area (Å²) in [6.45, 7) is 0.197. The van der Waals surface area contributed by atoms with Crippen molar-refractivity contribution in [3.05, 3.63) is 71.7 Å². The second-order valence-electron chi connectivity index (χ2n) is 5.79. The van der Waals surface area contributed by atoms with Gasteiger partial charge in [-0.3, -0.25) is 4.79 Å². The van der Waals surface area contributed by atoms with Crippen LogP contribution in [-0.4, -0.2) is 25.2 Å². The fraction of sp³-hybridized carbons (Fsp3) is 0.158. The highest BCUT2D eigenvalue weighted by atomic mass is 19.1. The molecule has 25 heavy (non-hydrogen) atoms. The van der Waals surface area contributed by atoms with Gasteiger partial charge in [0.1, 0.15) is 11.5 Å². The number of carbonyl (C=O) groups excluding carboxylic acids is 1. The van der Waals surface area contributed by atoms with Gasteiger partial charge in [-0.2, -0.15) is 0 Å². The van der Waals surface area contributed by atoms with Gasteiger partial charge in [-0.15, -0.1) is 0 Å². The molecule has 128 valence electrons. The van der Waals surface area contributed by atoms with Crippen LogP contribution in [0.15, 0.2) is 59.1 Å². The molecule has 5 nitrogen and oxygen atoms in total. The van der Waals surface area contributed by atoms with Crippen LogP contribution < -0.4 is 10.2 Å². The lowest BCUT2D eigenvalue weighted by molar-refractivity contribution is 0.0950. The Balaban J connectivity index is 1.67. The second kappa shape index (κ2) is 7.17. The Morgan fingerprint density at radius 2 is 1.96 bits per heavy atom. The Kier molecular flexibility index (Phi) is 4.79. The Morgan fingerprint density at radius 3 is 2.72 bits per heavy atom. The number of benzene rings is 2. The van der Waals surface area contributed by atoms with Gasteiger partial charge in [0.2, 0.25) is 0 Å². The number of amides is 1. The van der Waals surface area contributed by atoms with Crippen molar-refractivity contribution < 1.29 is 13.7 Å². The molecule has 1 N–H and O–H groups in total. The van der Waals surface area contributed by atoms with E-state index in [9.17, 15) is 9.18 Å². The van der Waals surface area contributed by atoms with E-state index >= 15 is 0 Å². The number of carbonyl (C=O) groups is 1. The maximum Gasteiger partial charge on any atom is 0.251 e. The fourth-order valence-corrected chi connectivity index (χ4v) is 2.38. The Hall–Kier alpha value is -3.15. The molecule has 6 heteroatoms. The third-order valence-corrected chi connectivity index (χ3v) is 3.75. The smallest absolute Gasteiger partial charge is 0.251 e. The largest absolute Gasteiger partial charge is 0.378 e. The summed E-state index contributed by atoms with van der Waals surface area (Å²) < 4.78 is 18.9. The van der Waals surface area contributed by atoms with E-state index in [0.717, 1.165) is 5.69 Å². The summed E-state index contributed by atoms with van der Waals surface area (Å²) in [5.41, 5.74) is 2.36. The van der Waals surface area contributed by atoms with Crippen molar-refractivity contribution in [1.29, 1.82) is 0 Å². The Bertz CT molecular complexity index is 890. The first kappa shape index (κ1) is 16.7. The molecule has 0 unspecified atom stereocenters. The number of rotatable bonds is 5. The first-order valence-electron chi connectivity index (χ1n) is 7.80. The molecular weight excluding hydrogens is 321 g/mol. The molecule has 1 aromatic heterocycles. The number of hydrogen-bond acceptors (Lipinski definition) is 4. The highest BCUT2D eigenvalue weighted by Gasteiger charge is 2.12. The van der Waals surface area contributed by atoms with E-state index in [4.69, 9.17) is 4.52 Å². The van der Waals surface area contributed by atoms with Crippen molar-refractivity contribution in [2.45, 2.75) is 6.54 Å². The summed E-state index contributed by atoms with van der Waals surface area (Å²) in [7, 11) is 3.83. The zero-order valence-electron chi connectivity index (χ0n) is 14.0. The van der Waals surface area contributed by atoms with Crippen LogP contribution in [0.2, 0.25) is 0 Å². The van der Waals surface area contributed by atoms with E-state index in [1.807, 2.05) is 37.2 Å². The zero-order valence-corrected chi connectivity index (χ0v) is 14.0. The lowest BCUT2D eigenvalue weighted by Crippen LogP contribution is -2.23. The third-order valence-electron chi connectivity index (χ3n) is 3.75. The second-order valence-corrected chi connectivity index (χ2v) is 5.79. The van der Waals surface area contributed by atoms with Crippen LogP contribution in [0.3, 0.4) is 0 Å². The number of hydrogen-bond donors (Lipinski definition) is 1.